The van der Waals surface area contributed by atoms with Gasteiger partial charge < -0.3 is 15.1 Å². The van der Waals surface area contributed by atoms with Gasteiger partial charge >= 0.3 is 0 Å². The van der Waals surface area contributed by atoms with Gasteiger partial charge in [0.05, 0.1) is 0 Å². The lowest BCUT2D eigenvalue weighted by Gasteiger charge is -2.22. The second kappa shape index (κ2) is 8.18. The van der Waals surface area contributed by atoms with Crippen LogP contribution in [0.2, 0.25) is 0 Å². The van der Waals surface area contributed by atoms with E-state index in [4.69, 9.17) is 0 Å². The van der Waals surface area contributed by atoms with E-state index in [0.717, 1.165) is 37.2 Å². The zero-order chi connectivity index (χ0) is 17.7. The highest BCUT2D eigenvalue weighted by Gasteiger charge is 2.30. The summed E-state index contributed by atoms with van der Waals surface area (Å²) in [5, 5.41) is 2.97. The summed E-state index contributed by atoms with van der Waals surface area (Å²) >= 11 is 0. The van der Waals surface area contributed by atoms with Crippen LogP contribution in [0.5, 0.6) is 0 Å². The van der Waals surface area contributed by atoms with Gasteiger partial charge in [0, 0.05) is 50.4 Å². The molecule has 0 bridgehead atoms. The standard InChI is InChI=1S/C19H29N3O2/c1-5-21(6-2)17-9-10-18(14(3)13-17)20-19(24)11-12-22(15(4)23)16-7-8-16/h9-10,13,16H,5-8,11-12H2,1-4H3,(H,20,24). The third kappa shape index (κ3) is 4.73. The Morgan fingerprint density at radius 2 is 1.88 bits per heavy atom. The summed E-state index contributed by atoms with van der Waals surface area (Å²) in [6.07, 6.45) is 2.47. The number of nitrogens with one attached hydrogen (secondary N) is 1. The Balaban J connectivity index is 1.92. The van der Waals surface area contributed by atoms with Crippen molar-refractivity contribution in [2.24, 2.45) is 0 Å². The van der Waals surface area contributed by atoms with Crippen molar-refractivity contribution in [2.75, 3.05) is 29.9 Å². The Kier molecular flexibility index (Phi) is 6.23. The van der Waals surface area contributed by atoms with E-state index in [1.54, 1.807) is 6.92 Å². The Morgan fingerprint density at radius 3 is 2.38 bits per heavy atom. The molecule has 1 fully saturated rings. The van der Waals surface area contributed by atoms with Gasteiger partial charge in [0.25, 0.3) is 0 Å². The Hall–Kier alpha value is -2.04. The summed E-state index contributed by atoms with van der Waals surface area (Å²) in [6.45, 7) is 10.3. The molecule has 1 aliphatic carbocycles. The number of carbonyl (C=O) groups excluding carboxylic acids is 2. The van der Waals surface area contributed by atoms with Crippen LogP contribution in [-0.2, 0) is 9.59 Å². The highest BCUT2D eigenvalue weighted by molar-refractivity contribution is 5.92. The van der Waals surface area contributed by atoms with Crippen molar-refractivity contribution in [3.63, 3.8) is 0 Å². The summed E-state index contributed by atoms with van der Waals surface area (Å²) < 4.78 is 0. The first-order valence-corrected chi connectivity index (χ1v) is 8.88. The molecule has 5 heteroatoms. The van der Waals surface area contributed by atoms with Crippen molar-refractivity contribution in [1.82, 2.24) is 4.90 Å². The largest absolute Gasteiger partial charge is 0.372 e. The van der Waals surface area contributed by atoms with Crippen molar-refractivity contribution < 1.29 is 9.59 Å². The summed E-state index contributed by atoms with van der Waals surface area (Å²) in [4.78, 5) is 27.9. The molecule has 0 aliphatic heterocycles. The number of benzene rings is 1. The van der Waals surface area contributed by atoms with Gasteiger partial charge in [0.1, 0.15) is 0 Å². The topological polar surface area (TPSA) is 52.7 Å². The monoisotopic (exact) mass is 331 g/mol. The molecular weight excluding hydrogens is 302 g/mol. The molecule has 1 aromatic rings. The number of nitrogens with zero attached hydrogens (tertiary/aromatic N) is 2. The molecule has 0 spiro atoms. The number of aryl methyl sites for hydroxylation is 1. The molecule has 132 valence electrons. The van der Waals surface area contributed by atoms with E-state index in [1.165, 1.54) is 5.69 Å². The van der Waals surface area contributed by atoms with Crippen molar-refractivity contribution in [3.05, 3.63) is 23.8 Å². The Bertz CT molecular complexity index is 592. The van der Waals surface area contributed by atoms with Gasteiger partial charge in [-0.1, -0.05) is 0 Å². The van der Waals surface area contributed by atoms with Gasteiger partial charge in [-0.15, -0.1) is 0 Å². The summed E-state index contributed by atoms with van der Waals surface area (Å²) in [6, 6.07) is 6.46. The Morgan fingerprint density at radius 1 is 1.21 bits per heavy atom. The molecular formula is C19H29N3O2. The highest BCUT2D eigenvalue weighted by atomic mass is 16.2. The van der Waals surface area contributed by atoms with Crippen LogP contribution in [0.25, 0.3) is 0 Å². The van der Waals surface area contributed by atoms with E-state index in [1.807, 2.05) is 24.0 Å². The molecule has 1 saturated carbocycles. The zero-order valence-corrected chi connectivity index (χ0v) is 15.3. The van der Waals surface area contributed by atoms with E-state index >= 15 is 0 Å². The molecule has 2 rings (SSSR count). The fourth-order valence-corrected chi connectivity index (χ4v) is 2.99. The first kappa shape index (κ1) is 18.3. The van der Waals surface area contributed by atoms with E-state index < -0.39 is 0 Å². The van der Waals surface area contributed by atoms with Gasteiger partial charge in [-0.2, -0.15) is 0 Å². The van der Waals surface area contributed by atoms with E-state index in [9.17, 15) is 9.59 Å². The zero-order valence-electron chi connectivity index (χ0n) is 15.3. The van der Waals surface area contributed by atoms with Gasteiger partial charge in [-0.25, -0.2) is 0 Å². The maximum absolute atomic E-state index is 12.2. The second-order valence-electron chi connectivity index (χ2n) is 6.41. The molecule has 0 saturated heterocycles. The molecule has 0 radical (unpaired) electrons. The average Bonchev–Trinajstić information content (AvgIpc) is 3.36. The third-order valence-corrected chi connectivity index (χ3v) is 4.58. The number of hydrogen-bond donors (Lipinski definition) is 1. The molecule has 5 nitrogen and oxygen atoms in total. The van der Waals surface area contributed by atoms with Gasteiger partial charge in [0.2, 0.25) is 11.8 Å². The van der Waals surface area contributed by atoms with Crippen LogP contribution in [0.4, 0.5) is 11.4 Å². The summed E-state index contributed by atoms with van der Waals surface area (Å²) in [5.41, 5.74) is 3.07. The van der Waals surface area contributed by atoms with Gasteiger partial charge in [0.15, 0.2) is 0 Å². The number of anilines is 2. The lowest BCUT2D eigenvalue weighted by atomic mass is 10.1. The van der Waals surface area contributed by atoms with Crippen molar-refractivity contribution in [3.8, 4) is 0 Å². The maximum atomic E-state index is 12.2. The maximum Gasteiger partial charge on any atom is 0.226 e. The fraction of sp³-hybridized carbons (Fsp3) is 0.579. The molecule has 2 amide bonds. The first-order chi connectivity index (χ1) is 11.5. The number of rotatable bonds is 8. The van der Waals surface area contributed by atoms with E-state index in [-0.39, 0.29) is 11.8 Å². The van der Waals surface area contributed by atoms with Gasteiger partial charge in [-0.3, -0.25) is 9.59 Å². The van der Waals surface area contributed by atoms with Crippen molar-refractivity contribution in [2.45, 2.75) is 53.0 Å². The molecule has 1 aliphatic rings. The van der Waals surface area contributed by atoms with E-state index in [0.29, 0.717) is 19.0 Å². The smallest absolute Gasteiger partial charge is 0.226 e. The minimum absolute atomic E-state index is 0.0411. The minimum atomic E-state index is -0.0411. The first-order valence-electron chi connectivity index (χ1n) is 8.88. The fourth-order valence-electron chi connectivity index (χ4n) is 2.99. The molecule has 0 aromatic heterocycles. The van der Waals surface area contributed by atoms with Crippen LogP contribution in [0, 0.1) is 6.92 Å². The van der Waals surface area contributed by atoms with Gasteiger partial charge in [-0.05, 0) is 57.4 Å². The number of hydrogen-bond acceptors (Lipinski definition) is 3. The summed E-state index contributed by atoms with van der Waals surface area (Å²) in [5.74, 6) is 0.0191. The molecule has 0 heterocycles. The molecule has 24 heavy (non-hydrogen) atoms. The van der Waals surface area contributed by atoms with Crippen molar-refractivity contribution >= 4 is 23.2 Å². The summed E-state index contributed by atoms with van der Waals surface area (Å²) in [7, 11) is 0. The molecule has 0 atom stereocenters. The predicted octanol–water partition coefficient (Wildman–Crippen LogP) is 3.18. The number of amides is 2. The lowest BCUT2D eigenvalue weighted by molar-refractivity contribution is -0.129. The van der Waals surface area contributed by atoms with E-state index in [2.05, 4.69) is 30.1 Å². The Labute approximate surface area is 145 Å². The molecule has 1 N–H and O–H groups in total. The van der Waals surface area contributed by atoms with Crippen LogP contribution in [-0.4, -0.2) is 42.4 Å². The minimum Gasteiger partial charge on any atom is -0.372 e. The quantitative estimate of drug-likeness (QED) is 0.796. The van der Waals surface area contributed by atoms with Crippen LogP contribution in [0.1, 0.15) is 45.6 Å². The van der Waals surface area contributed by atoms with Crippen LogP contribution < -0.4 is 10.2 Å². The van der Waals surface area contributed by atoms with Crippen LogP contribution in [0.3, 0.4) is 0 Å². The molecule has 0 unspecified atom stereocenters. The third-order valence-electron chi connectivity index (χ3n) is 4.58. The predicted molar refractivity (Wildman–Crippen MR) is 98.4 cm³/mol. The normalized spacial score (nSPS) is 13.5. The second-order valence-corrected chi connectivity index (χ2v) is 6.41. The lowest BCUT2D eigenvalue weighted by Crippen LogP contribution is -2.33. The SMILES string of the molecule is CCN(CC)c1ccc(NC(=O)CCN(C(C)=O)C2CC2)c(C)c1. The molecule has 1 aromatic carbocycles. The average molecular weight is 331 g/mol. The number of carbonyl (C=O) groups is 2. The van der Waals surface area contributed by atoms with Crippen molar-refractivity contribution in [1.29, 1.82) is 0 Å². The highest BCUT2D eigenvalue weighted by Crippen LogP contribution is 2.27. The van der Waals surface area contributed by atoms with Crippen LogP contribution in [0.15, 0.2) is 18.2 Å². The van der Waals surface area contributed by atoms with Crippen LogP contribution >= 0.6 is 0 Å².